The molecule has 202 valence electrons. The van der Waals surface area contributed by atoms with Crippen molar-refractivity contribution in [1.29, 1.82) is 0 Å². The van der Waals surface area contributed by atoms with Crippen LogP contribution in [0, 0.1) is 0 Å². The quantitative estimate of drug-likeness (QED) is 0.0776. The van der Waals surface area contributed by atoms with Crippen LogP contribution < -0.4 is 16.4 Å². The van der Waals surface area contributed by atoms with E-state index in [1.807, 2.05) is 0 Å². The molecule has 1 amide bonds. The molecule has 0 aliphatic carbocycles. The maximum absolute atomic E-state index is 11.3. The monoisotopic (exact) mass is 558 g/mol. The Hall–Kier alpha value is -5.60. The summed E-state index contributed by atoms with van der Waals surface area (Å²) in [5.41, 5.74) is 7.74. The lowest BCUT2D eigenvalue weighted by Crippen LogP contribution is -2.30. The van der Waals surface area contributed by atoms with Crippen molar-refractivity contribution in [2.24, 2.45) is 11.6 Å². The standard InChI is InChI=1S/C7H6N4O2.C6H7N5O3S.C6H5N3O2/c8-7(12)4-1-2-5-6(3-4)11(13)10-9-5;7-9-15(13,14)4-1-2-5-6(3-4)11(12)10-8-5;10-4-1-2-6-5(3-4)7-8-9(6)11/h1-3,13H,(H2,8,12);1-3,9,12H,7H2;1-3,10-11H. The van der Waals surface area contributed by atoms with E-state index in [2.05, 4.69) is 30.9 Å². The van der Waals surface area contributed by atoms with Gasteiger partial charge in [0.15, 0.2) is 0 Å². The first-order chi connectivity index (χ1) is 18.5. The Balaban J connectivity index is 0.000000137. The summed E-state index contributed by atoms with van der Waals surface area (Å²) in [7, 11) is -3.74. The molecule has 3 aromatic carbocycles. The Morgan fingerprint density at radius 2 is 1.28 bits per heavy atom. The molecule has 0 aliphatic rings. The molecule has 19 nitrogen and oxygen atoms in total. The average molecular weight is 558 g/mol. The molecule has 0 bridgehead atoms. The molecule has 0 radical (unpaired) electrons. The van der Waals surface area contributed by atoms with Crippen molar-refractivity contribution in [3.05, 3.63) is 60.2 Å². The Kier molecular flexibility index (Phi) is 7.06. The van der Waals surface area contributed by atoms with Crippen molar-refractivity contribution in [2.75, 3.05) is 0 Å². The molecular formula is C19H18N12O7S. The van der Waals surface area contributed by atoms with Crippen LogP contribution in [0.1, 0.15) is 10.4 Å². The molecule has 0 fully saturated rings. The number of nitrogens with zero attached hydrogens (tertiary/aromatic N) is 9. The molecule has 0 spiro atoms. The van der Waals surface area contributed by atoms with Crippen LogP contribution >= 0.6 is 0 Å². The highest BCUT2D eigenvalue weighted by Gasteiger charge is 2.14. The zero-order valence-corrected chi connectivity index (χ0v) is 20.1. The summed E-state index contributed by atoms with van der Waals surface area (Å²) in [5.74, 6) is 4.41. The lowest BCUT2D eigenvalue weighted by atomic mass is 10.2. The van der Waals surface area contributed by atoms with Crippen molar-refractivity contribution in [1.82, 2.24) is 50.3 Å². The highest BCUT2D eigenvalue weighted by Crippen LogP contribution is 2.17. The van der Waals surface area contributed by atoms with Gasteiger partial charge in [-0.1, -0.05) is 14.5 Å². The first kappa shape index (κ1) is 26.5. The molecule has 9 N–H and O–H groups in total. The Bertz CT molecular complexity index is 1910. The molecule has 0 unspecified atom stereocenters. The minimum Gasteiger partial charge on any atom is -0.508 e. The third kappa shape index (κ3) is 5.56. The number of phenolic OH excluding ortho intramolecular Hbond substituents is 1. The van der Waals surface area contributed by atoms with Crippen molar-refractivity contribution in [3.8, 4) is 5.75 Å². The number of rotatable bonds is 3. The fraction of sp³-hybridized carbons (Fsp3) is 0. The summed E-state index contributed by atoms with van der Waals surface area (Å²) in [5, 5.41) is 57.1. The number of aromatic nitrogens is 9. The number of fused-ring (bicyclic) bond motifs is 3. The molecule has 0 saturated heterocycles. The number of phenols is 1. The summed E-state index contributed by atoms with van der Waals surface area (Å²) < 4.78 is 22.6. The number of hydrogen-bond acceptors (Lipinski definition) is 14. The van der Waals surface area contributed by atoms with E-state index in [4.69, 9.17) is 27.1 Å². The number of primary amides is 1. The minimum atomic E-state index is -3.74. The number of hydrogen-bond donors (Lipinski definition) is 7. The van der Waals surface area contributed by atoms with E-state index >= 15 is 0 Å². The second-order valence-corrected chi connectivity index (χ2v) is 9.16. The van der Waals surface area contributed by atoms with Gasteiger partial charge in [-0.15, -0.1) is 15.3 Å². The summed E-state index contributed by atoms with van der Waals surface area (Å²) >= 11 is 0. The second-order valence-electron chi connectivity index (χ2n) is 7.45. The molecule has 3 aromatic heterocycles. The van der Waals surface area contributed by atoms with E-state index in [-0.39, 0.29) is 16.2 Å². The number of aromatic hydroxyl groups is 1. The lowest BCUT2D eigenvalue weighted by Gasteiger charge is -2.01. The van der Waals surface area contributed by atoms with Gasteiger partial charge < -0.3 is 26.5 Å². The summed E-state index contributed by atoms with van der Waals surface area (Å²) in [6.07, 6.45) is 0. The molecular weight excluding hydrogens is 540 g/mol. The Morgan fingerprint density at radius 1 is 0.744 bits per heavy atom. The topological polar surface area (TPSA) is 288 Å². The maximum Gasteiger partial charge on any atom is 0.253 e. The van der Waals surface area contributed by atoms with Crippen LogP contribution in [0.4, 0.5) is 0 Å². The largest absolute Gasteiger partial charge is 0.508 e. The van der Waals surface area contributed by atoms with Crippen LogP contribution in [0.3, 0.4) is 0 Å². The second kappa shape index (κ2) is 10.4. The maximum atomic E-state index is 11.3. The van der Waals surface area contributed by atoms with Crippen LogP contribution in [0.5, 0.6) is 5.75 Å². The first-order valence-electron chi connectivity index (χ1n) is 10.4. The zero-order chi connectivity index (χ0) is 28.3. The number of nitrogens with two attached hydrogens (primary N) is 2. The highest BCUT2D eigenvalue weighted by atomic mass is 32.2. The number of carbonyl (C=O) groups is 1. The summed E-state index contributed by atoms with van der Waals surface area (Å²) in [6.45, 7) is 0. The molecule has 0 atom stereocenters. The predicted molar refractivity (Wildman–Crippen MR) is 129 cm³/mol. The molecule has 20 heteroatoms. The third-order valence-corrected chi connectivity index (χ3v) is 6.17. The van der Waals surface area contributed by atoms with Crippen LogP contribution in [-0.4, -0.2) is 80.5 Å². The van der Waals surface area contributed by atoms with Crippen LogP contribution in [0.15, 0.2) is 59.5 Å². The molecule has 0 saturated carbocycles. The van der Waals surface area contributed by atoms with Crippen LogP contribution in [0.2, 0.25) is 0 Å². The van der Waals surface area contributed by atoms with Crippen LogP contribution in [-0.2, 0) is 10.0 Å². The lowest BCUT2D eigenvalue weighted by molar-refractivity contribution is 0.1000. The number of carbonyl (C=O) groups excluding carboxylic acids is 1. The average Bonchev–Trinajstić information content (AvgIpc) is 3.61. The predicted octanol–water partition coefficient (Wildman–Crippen LogP) is -1.04. The number of amides is 1. The summed E-state index contributed by atoms with van der Waals surface area (Å²) in [6, 6.07) is 12.9. The van der Waals surface area contributed by atoms with Gasteiger partial charge in [0.2, 0.25) is 5.91 Å². The smallest absolute Gasteiger partial charge is 0.253 e. The van der Waals surface area contributed by atoms with Gasteiger partial charge in [0.1, 0.15) is 38.8 Å². The van der Waals surface area contributed by atoms with E-state index in [0.717, 1.165) is 0 Å². The van der Waals surface area contributed by atoms with Gasteiger partial charge in [-0.25, -0.2) is 8.42 Å². The van der Waals surface area contributed by atoms with Crippen molar-refractivity contribution in [3.63, 3.8) is 0 Å². The van der Waals surface area contributed by atoms with E-state index in [9.17, 15) is 18.4 Å². The number of benzene rings is 3. The fourth-order valence-corrected chi connectivity index (χ4v) is 3.73. The normalized spacial score (nSPS) is 11.1. The zero-order valence-electron chi connectivity index (χ0n) is 19.3. The van der Waals surface area contributed by atoms with Crippen molar-refractivity contribution >= 4 is 49.0 Å². The van der Waals surface area contributed by atoms with Gasteiger partial charge in [-0.2, -0.15) is 4.83 Å². The summed E-state index contributed by atoms with van der Waals surface area (Å²) in [4.78, 5) is 14.1. The van der Waals surface area contributed by atoms with Gasteiger partial charge >= 0.3 is 0 Å². The van der Waals surface area contributed by atoms with Gasteiger partial charge in [-0.05, 0) is 64.2 Å². The van der Waals surface area contributed by atoms with Crippen molar-refractivity contribution < 1.29 is 33.9 Å². The SMILES string of the molecule is NC(=O)c1ccc2nnn(O)c2c1.NNS(=O)(=O)c1ccc2nnn(O)c2c1.Oc1ccc2c(c1)nnn2O. The van der Waals surface area contributed by atoms with E-state index < -0.39 is 15.9 Å². The van der Waals surface area contributed by atoms with Gasteiger partial charge in [0.05, 0.1) is 4.90 Å². The Morgan fingerprint density at radius 3 is 1.87 bits per heavy atom. The molecule has 3 heterocycles. The van der Waals surface area contributed by atoms with E-state index in [1.165, 1.54) is 48.5 Å². The fourth-order valence-electron chi connectivity index (χ4n) is 3.08. The van der Waals surface area contributed by atoms with E-state index in [0.29, 0.717) is 47.7 Å². The highest BCUT2D eigenvalue weighted by molar-refractivity contribution is 7.89. The molecule has 6 rings (SSSR count). The number of hydrazine groups is 1. The van der Waals surface area contributed by atoms with Gasteiger partial charge in [-0.3, -0.25) is 10.6 Å². The molecule has 6 aromatic rings. The molecule has 0 aliphatic heterocycles. The van der Waals surface area contributed by atoms with Crippen molar-refractivity contribution in [2.45, 2.75) is 4.90 Å². The van der Waals surface area contributed by atoms with E-state index in [1.54, 1.807) is 10.9 Å². The Labute approximate surface area is 216 Å². The van der Waals surface area contributed by atoms with Gasteiger partial charge in [0.25, 0.3) is 10.0 Å². The van der Waals surface area contributed by atoms with Gasteiger partial charge in [0, 0.05) is 11.6 Å². The first-order valence-corrected chi connectivity index (χ1v) is 11.8. The third-order valence-electron chi connectivity index (χ3n) is 4.99. The minimum absolute atomic E-state index is 0.0740. The number of nitrogens with one attached hydrogen (secondary N) is 1. The van der Waals surface area contributed by atoms with Crippen LogP contribution in [0.25, 0.3) is 33.1 Å². The number of sulfonamides is 1. The molecule has 39 heavy (non-hydrogen) atoms.